The fourth-order valence-electron chi connectivity index (χ4n) is 3.79. The monoisotopic (exact) mass is 257 g/mol. The van der Waals surface area contributed by atoms with Crippen LogP contribution in [0.15, 0.2) is 18.5 Å². The Morgan fingerprint density at radius 2 is 2.16 bits per heavy atom. The number of nitrogens with two attached hydrogens (primary N) is 1. The second-order valence-electron chi connectivity index (χ2n) is 5.71. The number of anilines is 1. The molecule has 0 radical (unpaired) electrons. The SMILES string of the molecule is Nc1nc2cnccc2n1C1CCN2CCCC2C1. The average Bonchev–Trinajstić information content (AvgIpc) is 3.00. The first-order valence-corrected chi connectivity index (χ1v) is 7.14. The molecule has 2 saturated heterocycles. The molecular weight excluding hydrogens is 238 g/mol. The highest BCUT2D eigenvalue weighted by molar-refractivity contribution is 5.77. The van der Waals surface area contributed by atoms with Crippen LogP contribution in [0.25, 0.3) is 11.0 Å². The van der Waals surface area contributed by atoms with E-state index in [2.05, 4.69) is 19.4 Å². The number of nitrogen functional groups attached to an aromatic ring is 1. The quantitative estimate of drug-likeness (QED) is 0.846. The summed E-state index contributed by atoms with van der Waals surface area (Å²) in [6, 6.07) is 3.27. The van der Waals surface area contributed by atoms with Crippen molar-refractivity contribution in [2.24, 2.45) is 0 Å². The van der Waals surface area contributed by atoms with Crippen LogP contribution < -0.4 is 5.73 Å². The van der Waals surface area contributed by atoms with Gasteiger partial charge in [-0.1, -0.05) is 0 Å². The average molecular weight is 257 g/mol. The Hall–Kier alpha value is -1.62. The van der Waals surface area contributed by atoms with Gasteiger partial charge < -0.3 is 15.2 Å². The van der Waals surface area contributed by atoms with E-state index >= 15 is 0 Å². The maximum Gasteiger partial charge on any atom is 0.201 e. The lowest BCUT2D eigenvalue weighted by Gasteiger charge is -2.35. The van der Waals surface area contributed by atoms with E-state index in [9.17, 15) is 0 Å². The highest BCUT2D eigenvalue weighted by Gasteiger charge is 2.33. The maximum absolute atomic E-state index is 6.13. The number of imidazole rings is 1. The van der Waals surface area contributed by atoms with Crippen molar-refractivity contribution in [3.05, 3.63) is 18.5 Å². The molecule has 2 aliphatic rings. The van der Waals surface area contributed by atoms with Gasteiger partial charge >= 0.3 is 0 Å². The fourth-order valence-corrected chi connectivity index (χ4v) is 3.79. The first-order chi connectivity index (χ1) is 9.33. The first kappa shape index (κ1) is 11.2. The van der Waals surface area contributed by atoms with E-state index in [0.29, 0.717) is 12.0 Å². The van der Waals surface area contributed by atoms with Gasteiger partial charge in [-0.25, -0.2) is 4.98 Å². The molecule has 4 heterocycles. The van der Waals surface area contributed by atoms with Gasteiger partial charge in [-0.15, -0.1) is 0 Å². The van der Waals surface area contributed by atoms with E-state index in [0.717, 1.165) is 17.1 Å². The molecule has 0 spiro atoms. The number of hydrogen-bond donors (Lipinski definition) is 1. The highest BCUT2D eigenvalue weighted by Crippen LogP contribution is 2.35. The molecular formula is C14H19N5. The van der Waals surface area contributed by atoms with E-state index in [1.165, 1.54) is 38.8 Å². The zero-order valence-electron chi connectivity index (χ0n) is 11.0. The van der Waals surface area contributed by atoms with Crippen molar-refractivity contribution in [3.8, 4) is 0 Å². The zero-order valence-corrected chi connectivity index (χ0v) is 11.0. The lowest BCUT2D eigenvalue weighted by Crippen LogP contribution is -2.38. The summed E-state index contributed by atoms with van der Waals surface area (Å²) >= 11 is 0. The predicted molar refractivity (Wildman–Crippen MR) is 74.8 cm³/mol. The Labute approximate surface area is 112 Å². The highest BCUT2D eigenvalue weighted by atomic mass is 15.2. The van der Waals surface area contributed by atoms with Gasteiger partial charge in [0, 0.05) is 24.8 Å². The molecule has 2 aromatic rings. The van der Waals surface area contributed by atoms with E-state index in [4.69, 9.17) is 5.73 Å². The minimum atomic E-state index is 0.492. The first-order valence-electron chi connectivity index (χ1n) is 7.14. The predicted octanol–water partition coefficient (Wildman–Crippen LogP) is 1.81. The summed E-state index contributed by atoms with van der Waals surface area (Å²) < 4.78 is 2.23. The van der Waals surface area contributed by atoms with Crippen molar-refractivity contribution < 1.29 is 0 Å². The summed E-state index contributed by atoms with van der Waals surface area (Å²) in [6.07, 6.45) is 8.69. The molecule has 2 unspecified atom stereocenters. The summed E-state index contributed by atoms with van der Waals surface area (Å²) in [5.41, 5.74) is 8.17. The van der Waals surface area contributed by atoms with Crippen molar-refractivity contribution in [3.63, 3.8) is 0 Å². The van der Waals surface area contributed by atoms with Gasteiger partial charge in [-0.05, 0) is 38.3 Å². The van der Waals surface area contributed by atoms with Gasteiger partial charge in [0.2, 0.25) is 5.95 Å². The van der Waals surface area contributed by atoms with Crippen LogP contribution in [0.2, 0.25) is 0 Å². The summed E-state index contributed by atoms with van der Waals surface area (Å²) in [7, 11) is 0. The molecule has 2 aromatic heterocycles. The number of hydrogen-bond acceptors (Lipinski definition) is 4. The summed E-state index contributed by atoms with van der Waals surface area (Å²) in [5, 5.41) is 0. The Bertz CT molecular complexity index is 605. The number of piperidine rings is 1. The van der Waals surface area contributed by atoms with Gasteiger partial charge in [0.1, 0.15) is 5.52 Å². The topological polar surface area (TPSA) is 60.0 Å². The van der Waals surface area contributed by atoms with Crippen molar-refractivity contribution in [2.45, 2.75) is 37.8 Å². The molecule has 0 amide bonds. The molecule has 2 aliphatic heterocycles. The zero-order chi connectivity index (χ0) is 12.8. The van der Waals surface area contributed by atoms with Crippen LogP contribution >= 0.6 is 0 Å². The van der Waals surface area contributed by atoms with Crippen molar-refractivity contribution in [2.75, 3.05) is 18.8 Å². The Morgan fingerprint density at radius 3 is 3.11 bits per heavy atom. The third kappa shape index (κ3) is 1.72. The Morgan fingerprint density at radius 1 is 1.21 bits per heavy atom. The van der Waals surface area contributed by atoms with Crippen LogP contribution in [0, 0.1) is 0 Å². The minimum absolute atomic E-state index is 0.492. The Balaban J connectivity index is 1.72. The molecule has 0 bridgehead atoms. The molecule has 0 aromatic carbocycles. The van der Waals surface area contributed by atoms with Crippen LogP contribution in [0.1, 0.15) is 31.7 Å². The van der Waals surface area contributed by atoms with Crippen LogP contribution in [-0.4, -0.2) is 38.6 Å². The van der Waals surface area contributed by atoms with E-state index in [1.54, 1.807) is 6.20 Å². The number of aromatic nitrogens is 3. The molecule has 5 heteroatoms. The van der Waals surface area contributed by atoms with Crippen molar-refractivity contribution >= 4 is 17.0 Å². The maximum atomic E-state index is 6.13. The van der Waals surface area contributed by atoms with Gasteiger partial charge in [0.05, 0.1) is 11.7 Å². The molecule has 4 rings (SSSR count). The van der Waals surface area contributed by atoms with E-state index < -0.39 is 0 Å². The number of nitrogens with zero attached hydrogens (tertiary/aromatic N) is 4. The van der Waals surface area contributed by atoms with Gasteiger partial charge in [-0.2, -0.15) is 0 Å². The Kier molecular flexibility index (Phi) is 2.48. The standard InChI is InChI=1S/C14H19N5/c15-14-17-12-9-16-5-3-13(12)19(14)11-4-7-18-6-1-2-10(18)8-11/h3,5,9-11H,1-2,4,6-8H2,(H2,15,17). The second-order valence-corrected chi connectivity index (χ2v) is 5.71. The fraction of sp³-hybridized carbons (Fsp3) is 0.571. The minimum Gasteiger partial charge on any atom is -0.369 e. The third-order valence-electron chi connectivity index (χ3n) is 4.68. The summed E-state index contributed by atoms with van der Waals surface area (Å²) in [5.74, 6) is 0.638. The number of rotatable bonds is 1. The molecule has 0 aliphatic carbocycles. The molecule has 100 valence electrons. The van der Waals surface area contributed by atoms with Gasteiger partial charge in [0.15, 0.2) is 0 Å². The second kappa shape index (κ2) is 4.20. The lowest BCUT2D eigenvalue weighted by molar-refractivity contribution is 0.158. The normalized spacial score (nSPS) is 27.8. The number of fused-ring (bicyclic) bond motifs is 2. The van der Waals surface area contributed by atoms with Crippen LogP contribution in [0.4, 0.5) is 5.95 Å². The van der Waals surface area contributed by atoms with E-state index in [1.807, 2.05) is 12.3 Å². The summed E-state index contributed by atoms with van der Waals surface area (Å²) in [4.78, 5) is 11.2. The van der Waals surface area contributed by atoms with E-state index in [-0.39, 0.29) is 0 Å². The van der Waals surface area contributed by atoms with Crippen molar-refractivity contribution in [1.29, 1.82) is 0 Å². The van der Waals surface area contributed by atoms with Gasteiger partial charge in [-0.3, -0.25) is 4.98 Å². The largest absolute Gasteiger partial charge is 0.369 e. The van der Waals surface area contributed by atoms with Crippen LogP contribution in [0.3, 0.4) is 0 Å². The molecule has 0 saturated carbocycles. The molecule has 19 heavy (non-hydrogen) atoms. The van der Waals surface area contributed by atoms with Gasteiger partial charge in [0.25, 0.3) is 0 Å². The third-order valence-corrected chi connectivity index (χ3v) is 4.68. The molecule has 2 atom stereocenters. The smallest absolute Gasteiger partial charge is 0.201 e. The lowest BCUT2D eigenvalue weighted by atomic mass is 9.97. The van der Waals surface area contributed by atoms with Crippen LogP contribution in [0.5, 0.6) is 0 Å². The molecule has 5 nitrogen and oxygen atoms in total. The van der Waals surface area contributed by atoms with Crippen molar-refractivity contribution in [1.82, 2.24) is 19.4 Å². The molecule has 2 N–H and O–H groups in total. The summed E-state index contributed by atoms with van der Waals surface area (Å²) in [6.45, 7) is 2.47. The number of pyridine rings is 1. The molecule has 2 fully saturated rings. The van der Waals surface area contributed by atoms with Crippen LogP contribution in [-0.2, 0) is 0 Å².